The number of hydrogen-bond acceptors (Lipinski definition) is 3. The Kier molecular flexibility index (Phi) is 9.06. The molecule has 1 atom stereocenters. The Hall–Kier alpha value is -0.120. The van der Waals surface area contributed by atoms with Crippen LogP contribution in [0.15, 0.2) is 0 Å². The number of methoxy groups -OCH3 is 1. The van der Waals surface area contributed by atoms with E-state index in [1.807, 2.05) is 0 Å². The van der Waals surface area contributed by atoms with E-state index in [4.69, 9.17) is 4.74 Å². The molecule has 92 valence electrons. The van der Waals surface area contributed by atoms with Crippen LogP contribution >= 0.6 is 0 Å². The molecule has 0 fully saturated rings. The molecule has 0 rings (SSSR count). The molecule has 0 spiro atoms. The van der Waals surface area contributed by atoms with Crippen molar-refractivity contribution in [3.8, 4) is 0 Å². The first kappa shape index (κ1) is 14.9. The fraction of sp³-hybridized carbons (Fsp3) is 1.00. The highest BCUT2D eigenvalue weighted by atomic mass is 16.5. The first-order valence-electron chi connectivity index (χ1n) is 5.98. The Morgan fingerprint density at radius 1 is 1.20 bits per heavy atom. The fourth-order valence-electron chi connectivity index (χ4n) is 1.31. The Morgan fingerprint density at radius 3 is 2.40 bits per heavy atom. The lowest BCUT2D eigenvalue weighted by Crippen LogP contribution is -2.37. The molecule has 0 aromatic rings. The number of likely N-dealkylation sites (N-methyl/N-ethyl adjacent to an activating group) is 1. The van der Waals surface area contributed by atoms with E-state index < -0.39 is 0 Å². The summed E-state index contributed by atoms with van der Waals surface area (Å²) in [5, 5.41) is 3.53. The highest BCUT2D eigenvalue weighted by Gasteiger charge is 2.05. The summed E-state index contributed by atoms with van der Waals surface area (Å²) in [5.74, 6) is 0.712. The molecule has 3 heteroatoms. The molecule has 0 heterocycles. The first-order valence-corrected chi connectivity index (χ1v) is 5.98. The van der Waals surface area contributed by atoms with Crippen LogP contribution < -0.4 is 5.32 Å². The van der Waals surface area contributed by atoms with Gasteiger partial charge >= 0.3 is 0 Å². The molecule has 0 saturated carbocycles. The number of nitrogens with zero attached hydrogens (tertiary/aromatic N) is 1. The minimum atomic E-state index is 0.609. The van der Waals surface area contributed by atoms with Gasteiger partial charge in [-0.15, -0.1) is 0 Å². The van der Waals surface area contributed by atoms with E-state index in [2.05, 4.69) is 38.0 Å². The van der Waals surface area contributed by atoms with Crippen LogP contribution in [0.5, 0.6) is 0 Å². The van der Waals surface area contributed by atoms with Gasteiger partial charge in [-0.3, -0.25) is 0 Å². The van der Waals surface area contributed by atoms with Gasteiger partial charge in [0, 0.05) is 39.4 Å². The van der Waals surface area contributed by atoms with Crippen molar-refractivity contribution in [3.05, 3.63) is 0 Å². The van der Waals surface area contributed by atoms with Crippen molar-refractivity contribution in [3.63, 3.8) is 0 Å². The predicted octanol–water partition coefficient (Wildman–Crippen LogP) is 1.59. The van der Waals surface area contributed by atoms with Crippen molar-refractivity contribution in [1.82, 2.24) is 10.2 Å². The largest absolute Gasteiger partial charge is 0.385 e. The smallest absolute Gasteiger partial charge is 0.0474 e. The molecule has 0 radical (unpaired) electrons. The van der Waals surface area contributed by atoms with E-state index in [0.29, 0.717) is 12.0 Å². The van der Waals surface area contributed by atoms with Crippen molar-refractivity contribution in [2.75, 3.05) is 40.4 Å². The molecule has 0 aromatic heterocycles. The van der Waals surface area contributed by atoms with Crippen LogP contribution in [0, 0.1) is 5.92 Å². The second-order valence-corrected chi connectivity index (χ2v) is 4.64. The lowest BCUT2D eigenvalue weighted by molar-refractivity contribution is 0.179. The van der Waals surface area contributed by atoms with Crippen LogP contribution in [0.4, 0.5) is 0 Å². The zero-order chi connectivity index (χ0) is 11.7. The third-order valence-corrected chi connectivity index (χ3v) is 2.85. The summed E-state index contributed by atoms with van der Waals surface area (Å²) in [5.41, 5.74) is 0. The van der Waals surface area contributed by atoms with Gasteiger partial charge in [0.2, 0.25) is 0 Å². The van der Waals surface area contributed by atoms with Crippen molar-refractivity contribution >= 4 is 0 Å². The van der Waals surface area contributed by atoms with Crippen LogP contribution in [-0.4, -0.2) is 51.3 Å². The van der Waals surface area contributed by atoms with Gasteiger partial charge in [-0.1, -0.05) is 13.8 Å². The molecular formula is C12H28N2O. The molecule has 0 saturated heterocycles. The lowest BCUT2D eigenvalue weighted by Gasteiger charge is -2.21. The summed E-state index contributed by atoms with van der Waals surface area (Å²) >= 11 is 0. The van der Waals surface area contributed by atoms with Crippen LogP contribution in [0.1, 0.15) is 27.2 Å². The lowest BCUT2D eigenvalue weighted by atomic mass is 10.1. The van der Waals surface area contributed by atoms with Crippen LogP contribution in [-0.2, 0) is 4.74 Å². The van der Waals surface area contributed by atoms with Crippen LogP contribution in [0.3, 0.4) is 0 Å². The number of rotatable bonds is 9. The third kappa shape index (κ3) is 8.85. The van der Waals surface area contributed by atoms with E-state index >= 15 is 0 Å². The van der Waals surface area contributed by atoms with Gasteiger partial charge in [-0.2, -0.15) is 0 Å². The maximum absolute atomic E-state index is 5.02. The van der Waals surface area contributed by atoms with Gasteiger partial charge in [-0.25, -0.2) is 0 Å². The van der Waals surface area contributed by atoms with Gasteiger partial charge in [0.25, 0.3) is 0 Å². The van der Waals surface area contributed by atoms with E-state index in [0.717, 1.165) is 32.7 Å². The molecule has 0 aliphatic heterocycles. The second-order valence-electron chi connectivity index (χ2n) is 4.64. The molecule has 15 heavy (non-hydrogen) atoms. The normalized spacial score (nSPS) is 13.8. The molecule has 0 aliphatic carbocycles. The molecule has 0 bridgehead atoms. The fourth-order valence-corrected chi connectivity index (χ4v) is 1.31. The number of hydrogen-bond donors (Lipinski definition) is 1. The summed E-state index contributed by atoms with van der Waals surface area (Å²) in [6.07, 6.45) is 1.12. The van der Waals surface area contributed by atoms with Gasteiger partial charge < -0.3 is 15.0 Å². The Morgan fingerprint density at radius 2 is 1.87 bits per heavy atom. The van der Waals surface area contributed by atoms with E-state index in [-0.39, 0.29) is 0 Å². The number of nitrogens with one attached hydrogen (secondary N) is 1. The standard InChI is InChI=1S/C12H28N2O/c1-11(2)12(3)13-7-9-14(4)8-6-10-15-5/h11-13H,6-10H2,1-5H3. The average Bonchev–Trinajstić information content (AvgIpc) is 2.18. The van der Waals surface area contributed by atoms with Crippen molar-refractivity contribution in [1.29, 1.82) is 0 Å². The van der Waals surface area contributed by atoms with Crippen molar-refractivity contribution in [2.45, 2.75) is 33.2 Å². The second kappa shape index (κ2) is 9.13. The van der Waals surface area contributed by atoms with E-state index in [1.54, 1.807) is 7.11 Å². The summed E-state index contributed by atoms with van der Waals surface area (Å²) in [7, 11) is 3.92. The predicted molar refractivity (Wildman–Crippen MR) is 66.3 cm³/mol. The molecule has 1 N–H and O–H groups in total. The zero-order valence-electron chi connectivity index (χ0n) is 11.0. The number of ether oxygens (including phenoxy) is 1. The summed E-state index contributed by atoms with van der Waals surface area (Å²) in [6, 6.07) is 0.609. The maximum Gasteiger partial charge on any atom is 0.0474 e. The van der Waals surface area contributed by atoms with Gasteiger partial charge in [0.05, 0.1) is 0 Å². The molecule has 0 aliphatic rings. The van der Waals surface area contributed by atoms with Gasteiger partial charge in [0.15, 0.2) is 0 Å². The average molecular weight is 216 g/mol. The van der Waals surface area contributed by atoms with Gasteiger partial charge in [0.1, 0.15) is 0 Å². The van der Waals surface area contributed by atoms with E-state index in [1.165, 1.54) is 0 Å². The summed E-state index contributed by atoms with van der Waals surface area (Å²) in [4.78, 5) is 2.35. The summed E-state index contributed by atoms with van der Waals surface area (Å²) < 4.78 is 5.02. The zero-order valence-corrected chi connectivity index (χ0v) is 11.0. The molecule has 0 amide bonds. The van der Waals surface area contributed by atoms with Crippen molar-refractivity contribution in [2.24, 2.45) is 5.92 Å². The van der Waals surface area contributed by atoms with E-state index in [9.17, 15) is 0 Å². The highest BCUT2D eigenvalue weighted by Crippen LogP contribution is 1.98. The van der Waals surface area contributed by atoms with Crippen LogP contribution in [0.2, 0.25) is 0 Å². The summed E-state index contributed by atoms with van der Waals surface area (Å²) in [6.45, 7) is 10.9. The topological polar surface area (TPSA) is 24.5 Å². The first-order chi connectivity index (χ1) is 7.07. The maximum atomic E-state index is 5.02. The SMILES string of the molecule is COCCCN(C)CCNC(C)C(C)C. The van der Waals surface area contributed by atoms with Crippen molar-refractivity contribution < 1.29 is 4.74 Å². The van der Waals surface area contributed by atoms with Gasteiger partial charge in [-0.05, 0) is 26.3 Å². The highest BCUT2D eigenvalue weighted by molar-refractivity contribution is 4.65. The minimum absolute atomic E-state index is 0.609. The van der Waals surface area contributed by atoms with Crippen LogP contribution in [0.25, 0.3) is 0 Å². The molecular weight excluding hydrogens is 188 g/mol. The molecule has 3 nitrogen and oxygen atoms in total. The monoisotopic (exact) mass is 216 g/mol. The Balaban J connectivity index is 3.34. The Labute approximate surface area is 95.2 Å². The Bertz CT molecular complexity index is 140. The third-order valence-electron chi connectivity index (χ3n) is 2.85. The molecule has 0 aromatic carbocycles. The minimum Gasteiger partial charge on any atom is -0.385 e. The quantitative estimate of drug-likeness (QED) is 0.592. The molecule has 1 unspecified atom stereocenters.